The molecule has 0 heterocycles. The third-order valence-corrected chi connectivity index (χ3v) is 8.60. The lowest BCUT2D eigenvalue weighted by Crippen LogP contribution is -2.53. The highest BCUT2D eigenvalue weighted by Gasteiger charge is 2.60. The Bertz CT molecular complexity index is 657. The first-order valence-corrected chi connectivity index (χ1v) is 10.8. The highest BCUT2D eigenvalue weighted by atomic mass is 16.6. The summed E-state index contributed by atoms with van der Waals surface area (Å²) in [6.45, 7) is 10.8. The maximum Gasteiger partial charge on any atom is 0.139 e. The van der Waals surface area contributed by atoms with Crippen molar-refractivity contribution in [3.63, 3.8) is 0 Å². The lowest BCUT2D eigenvalue weighted by atomic mass is 9.45. The normalized spacial score (nSPS) is 43.6. The Morgan fingerprint density at radius 1 is 1.22 bits per heavy atom. The first kappa shape index (κ1) is 19.2. The summed E-state index contributed by atoms with van der Waals surface area (Å²) >= 11 is 0. The van der Waals surface area contributed by atoms with Crippen LogP contribution in [0.25, 0.3) is 0 Å². The van der Waals surface area contributed by atoms with Gasteiger partial charge in [0.2, 0.25) is 0 Å². The van der Waals surface area contributed by atoms with E-state index in [0.717, 1.165) is 44.6 Å². The number of carbonyl (C=O) groups is 1. The zero-order chi connectivity index (χ0) is 19.2. The average Bonchev–Trinajstić information content (AvgIpc) is 2.95. The summed E-state index contributed by atoms with van der Waals surface area (Å²) < 4.78 is 0. The SMILES string of the molecule is C=C1C[C@@H]2[C@@H](CC[C@]3(C)C(=O)CC[C@@H]23)[C@@]2(C)CCC(NOCCNC)=CC12. The van der Waals surface area contributed by atoms with E-state index in [1.54, 1.807) is 0 Å². The zero-order valence-electron chi connectivity index (χ0n) is 17.3. The summed E-state index contributed by atoms with van der Waals surface area (Å²) in [4.78, 5) is 18.2. The number of ketones is 1. The molecule has 6 atom stereocenters. The highest BCUT2D eigenvalue weighted by Crippen LogP contribution is 2.65. The number of carbonyl (C=O) groups excluding carboxylic acids is 1. The zero-order valence-corrected chi connectivity index (χ0v) is 17.3. The molecule has 4 nitrogen and oxygen atoms in total. The first-order valence-electron chi connectivity index (χ1n) is 10.8. The Kier molecular flexibility index (Phi) is 5.00. The number of hydrogen-bond donors (Lipinski definition) is 2. The summed E-state index contributed by atoms with van der Waals surface area (Å²) in [7, 11) is 1.93. The summed E-state index contributed by atoms with van der Waals surface area (Å²) in [6.07, 6.45) is 9.93. The van der Waals surface area contributed by atoms with Crippen LogP contribution in [0.15, 0.2) is 23.9 Å². The quantitative estimate of drug-likeness (QED) is 0.435. The molecule has 0 saturated heterocycles. The number of likely N-dealkylation sites (N-methyl/N-ethyl adjacent to an activating group) is 1. The highest BCUT2D eigenvalue weighted by molar-refractivity contribution is 5.87. The summed E-state index contributed by atoms with van der Waals surface area (Å²) in [6, 6.07) is 0. The van der Waals surface area contributed by atoms with Gasteiger partial charge in [-0.1, -0.05) is 32.1 Å². The molecule has 0 aromatic heterocycles. The molecule has 27 heavy (non-hydrogen) atoms. The van der Waals surface area contributed by atoms with Crippen molar-refractivity contribution in [3.05, 3.63) is 23.9 Å². The van der Waals surface area contributed by atoms with Crippen molar-refractivity contribution < 1.29 is 9.63 Å². The predicted molar refractivity (Wildman–Crippen MR) is 108 cm³/mol. The largest absolute Gasteiger partial charge is 0.317 e. The molecular weight excluding hydrogens is 336 g/mol. The van der Waals surface area contributed by atoms with Crippen LogP contribution in [-0.4, -0.2) is 26.0 Å². The molecule has 0 aliphatic heterocycles. The molecule has 4 aliphatic rings. The van der Waals surface area contributed by atoms with Gasteiger partial charge in [0.25, 0.3) is 0 Å². The molecule has 0 aromatic carbocycles. The Morgan fingerprint density at radius 2 is 2.04 bits per heavy atom. The van der Waals surface area contributed by atoms with Crippen LogP contribution in [-0.2, 0) is 9.63 Å². The van der Waals surface area contributed by atoms with Gasteiger partial charge in [0.1, 0.15) is 5.78 Å². The van der Waals surface area contributed by atoms with Gasteiger partial charge in [0, 0.05) is 30.0 Å². The average molecular weight is 373 g/mol. The Morgan fingerprint density at radius 3 is 2.81 bits per heavy atom. The topological polar surface area (TPSA) is 50.4 Å². The van der Waals surface area contributed by atoms with Crippen LogP contribution in [0.4, 0.5) is 0 Å². The van der Waals surface area contributed by atoms with Crippen molar-refractivity contribution in [3.8, 4) is 0 Å². The van der Waals surface area contributed by atoms with Crippen molar-refractivity contribution in [1.29, 1.82) is 0 Å². The smallest absolute Gasteiger partial charge is 0.139 e. The molecule has 1 unspecified atom stereocenters. The molecule has 0 bridgehead atoms. The summed E-state index contributed by atoms with van der Waals surface area (Å²) in [5.74, 6) is 2.91. The second-order valence-electron chi connectivity index (χ2n) is 9.89. The van der Waals surface area contributed by atoms with Gasteiger partial charge in [0.15, 0.2) is 0 Å². The van der Waals surface area contributed by atoms with Crippen LogP contribution in [0.5, 0.6) is 0 Å². The number of hydroxylamine groups is 1. The van der Waals surface area contributed by atoms with E-state index in [4.69, 9.17) is 4.84 Å². The third kappa shape index (κ3) is 3.00. The fourth-order valence-corrected chi connectivity index (χ4v) is 7.01. The van der Waals surface area contributed by atoms with Crippen LogP contribution in [0.2, 0.25) is 0 Å². The van der Waals surface area contributed by atoms with E-state index in [9.17, 15) is 4.79 Å². The molecule has 0 amide bonds. The molecule has 0 radical (unpaired) electrons. The fraction of sp³-hybridized carbons (Fsp3) is 0.783. The fourth-order valence-electron chi connectivity index (χ4n) is 7.01. The molecule has 0 spiro atoms. The Balaban J connectivity index is 1.53. The molecule has 4 rings (SSSR count). The van der Waals surface area contributed by atoms with E-state index in [1.165, 1.54) is 24.1 Å². The number of rotatable bonds is 5. The van der Waals surface area contributed by atoms with E-state index in [1.807, 2.05) is 7.05 Å². The second kappa shape index (κ2) is 7.04. The minimum atomic E-state index is -0.0526. The number of hydrogen-bond acceptors (Lipinski definition) is 4. The molecule has 3 fully saturated rings. The molecule has 3 saturated carbocycles. The maximum absolute atomic E-state index is 12.6. The molecule has 150 valence electrons. The lowest BCUT2D eigenvalue weighted by molar-refractivity contribution is -0.133. The molecule has 4 aliphatic carbocycles. The van der Waals surface area contributed by atoms with Gasteiger partial charge >= 0.3 is 0 Å². The van der Waals surface area contributed by atoms with Crippen LogP contribution in [0, 0.1) is 34.5 Å². The van der Waals surface area contributed by atoms with Crippen LogP contribution < -0.4 is 10.8 Å². The Hall–Kier alpha value is -1.13. The van der Waals surface area contributed by atoms with Gasteiger partial charge in [-0.3, -0.25) is 15.1 Å². The van der Waals surface area contributed by atoms with E-state index < -0.39 is 0 Å². The maximum atomic E-state index is 12.6. The number of nitrogens with one attached hydrogen (secondary N) is 2. The first-order chi connectivity index (χ1) is 12.9. The van der Waals surface area contributed by atoms with Gasteiger partial charge in [0.05, 0.1) is 6.61 Å². The van der Waals surface area contributed by atoms with Crippen LogP contribution in [0.1, 0.15) is 58.8 Å². The summed E-state index contributed by atoms with van der Waals surface area (Å²) in [5, 5.41) is 3.10. The molecular formula is C23H36N2O2. The molecule has 0 aromatic rings. The lowest BCUT2D eigenvalue weighted by Gasteiger charge is -2.59. The van der Waals surface area contributed by atoms with Gasteiger partial charge in [-0.15, -0.1) is 0 Å². The minimum Gasteiger partial charge on any atom is -0.317 e. The van der Waals surface area contributed by atoms with Crippen molar-refractivity contribution >= 4 is 5.78 Å². The standard InChI is InChI=1S/C23H36N2O2/c1-15-13-17-18-5-6-21(26)23(18,3)10-8-19(17)22(2)9-7-16(14-20(15)22)25-27-12-11-24-4/h14,17-20,24-25H,1,5-13H2,2-4H3/t17-,18-,19+,20?,22+,23-/m0/s1. The van der Waals surface area contributed by atoms with Crippen molar-refractivity contribution in [1.82, 2.24) is 10.8 Å². The van der Waals surface area contributed by atoms with Gasteiger partial charge in [-0.25, -0.2) is 0 Å². The van der Waals surface area contributed by atoms with Crippen molar-refractivity contribution in [2.24, 2.45) is 34.5 Å². The molecule has 2 N–H and O–H groups in total. The number of allylic oxidation sites excluding steroid dienone is 3. The Labute approximate surface area is 164 Å². The van der Waals surface area contributed by atoms with Crippen LogP contribution >= 0.6 is 0 Å². The van der Waals surface area contributed by atoms with Gasteiger partial charge in [-0.2, -0.15) is 0 Å². The predicted octanol–water partition coefficient (Wildman–Crippen LogP) is 4.00. The van der Waals surface area contributed by atoms with Gasteiger partial charge < -0.3 is 5.32 Å². The third-order valence-electron chi connectivity index (χ3n) is 8.60. The number of Topliss-reactive ketones (excluding diaryl/α,β-unsaturated/α-hetero) is 1. The minimum absolute atomic E-state index is 0.0526. The summed E-state index contributed by atoms with van der Waals surface area (Å²) in [5.41, 5.74) is 6.00. The number of fused-ring (bicyclic) bond motifs is 5. The van der Waals surface area contributed by atoms with Crippen LogP contribution in [0.3, 0.4) is 0 Å². The monoisotopic (exact) mass is 372 g/mol. The second-order valence-corrected chi connectivity index (χ2v) is 9.89. The van der Waals surface area contributed by atoms with E-state index in [-0.39, 0.29) is 10.8 Å². The molecule has 4 heteroatoms. The van der Waals surface area contributed by atoms with Crippen molar-refractivity contribution in [2.75, 3.05) is 20.2 Å². The van der Waals surface area contributed by atoms with E-state index >= 15 is 0 Å². The van der Waals surface area contributed by atoms with Crippen molar-refractivity contribution in [2.45, 2.75) is 58.8 Å². The van der Waals surface area contributed by atoms with Gasteiger partial charge in [-0.05, 0) is 68.7 Å². The van der Waals surface area contributed by atoms with E-state index in [2.05, 4.69) is 37.3 Å². The van der Waals surface area contributed by atoms with E-state index in [0.29, 0.717) is 30.1 Å².